The zero-order valence-electron chi connectivity index (χ0n) is 16.0. The van der Waals surface area contributed by atoms with Gasteiger partial charge in [0.25, 0.3) is 5.91 Å². The van der Waals surface area contributed by atoms with Gasteiger partial charge in [0.15, 0.2) is 0 Å². The molecule has 29 heavy (non-hydrogen) atoms. The molecule has 0 saturated heterocycles. The fourth-order valence-corrected chi connectivity index (χ4v) is 3.07. The highest BCUT2D eigenvalue weighted by Gasteiger charge is 2.38. The van der Waals surface area contributed by atoms with Crippen molar-refractivity contribution in [1.29, 1.82) is 0 Å². The van der Waals surface area contributed by atoms with Crippen LogP contribution in [0.25, 0.3) is 11.1 Å². The summed E-state index contributed by atoms with van der Waals surface area (Å²) in [5.41, 5.74) is 1.45. The highest BCUT2D eigenvalue weighted by atomic mass is 19.3. The van der Waals surface area contributed by atoms with Crippen LogP contribution in [0.3, 0.4) is 0 Å². The van der Waals surface area contributed by atoms with Gasteiger partial charge in [-0.3, -0.25) is 4.79 Å². The van der Waals surface area contributed by atoms with Gasteiger partial charge in [0.05, 0.1) is 10.9 Å². The van der Waals surface area contributed by atoms with Gasteiger partial charge in [-0.1, -0.05) is 12.1 Å². The number of halogens is 2. The van der Waals surface area contributed by atoms with Crippen LogP contribution in [0, 0.1) is 6.92 Å². The van der Waals surface area contributed by atoms with Gasteiger partial charge in [-0.05, 0) is 44.4 Å². The Hall–Kier alpha value is -3.23. The lowest BCUT2D eigenvalue weighted by atomic mass is 10.1. The minimum absolute atomic E-state index is 0.0255. The Balaban J connectivity index is 1.53. The fraction of sp³-hybridized carbons (Fsp3) is 0.350. The minimum Gasteiger partial charge on any atom is -0.442 e. The van der Waals surface area contributed by atoms with E-state index < -0.39 is 6.61 Å². The molecule has 2 N–H and O–H groups in total. The summed E-state index contributed by atoms with van der Waals surface area (Å²) >= 11 is 0. The molecule has 2 aromatic heterocycles. The van der Waals surface area contributed by atoms with E-state index in [1.165, 1.54) is 18.5 Å². The van der Waals surface area contributed by atoms with Gasteiger partial charge in [0.2, 0.25) is 5.71 Å². The van der Waals surface area contributed by atoms with E-state index in [1.807, 2.05) is 0 Å². The molecular formula is C20H20F2N4O3. The van der Waals surface area contributed by atoms with Crippen molar-refractivity contribution in [1.82, 2.24) is 15.3 Å². The van der Waals surface area contributed by atoms with Crippen LogP contribution in [0.2, 0.25) is 0 Å². The highest BCUT2D eigenvalue weighted by Crippen LogP contribution is 2.40. The average Bonchev–Trinajstić information content (AvgIpc) is 3.28. The van der Waals surface area contributed by atoms with E-state index in [9.17, 15) is 13.6 Å². The molecule has 0 spiro atoms. The van der Waals surface area contributed by atoms with Crippen molar-refractivity contribution < 1.29 is 22.7 Å². The number of fused-ring (bicyclic) bond motifs is 1. The first kappa shape index (κ1) is 19.1. The van der Waals surface area contributed by atoms with E-state index in [1.54, 1.807) is 19.1 Å². The van der Waals surface area contributed by atoms with Crippen LogP contribution >= 0.6 is 0 Å². The van der Waals surface area contributed by atoms with Gasteiger partial charge in [0.1, 0.15) is 23.7 Å². The molecule has 152 valence electrons. The molecule has 1 amide bonds. The summed E-state index contributed by atoms with van der Waals surface area (Å²) in [6.07, 6.45) is 3.47. The molecule has 0 aliphatic heterocycles. The monoisotopic (exact) mass is 402 g/mol. The van der Waals surface area contributed by atoms with Crippen LogP contribution in [-0.4, -0.2) is 28.0 Å². The molecule has 4 rings (SSSR count). The Kier molecular flexibility index (Phi) is 4.81. The first-order chi connectivity index (χ1) is 13.8. The SMILES string of the molecule is Cc1oc2ncnc(NC3(C)CC3)c2c1C(=O)NCc1ccc(OC(F)F)cc1. The second-order valence-electron chi connectivity index (χ2n) is 7.33. The lowest BCUT2D eigenvalue weighted by Crippen LogP contribution is -2.24. The van der Waals surface area contributed by atoms with Crippen LogP contribution in [0.1, 0.15) is 41.4 Å². The number of aryl methyl sites for hydroxylation is 1. The molecule has 9 heteroatoms. The van der Waals surface area contributed by atoms with Gasteiger partial charge in [-0.15, -0.1) is 0 Å². The van der Waals surface area contributed by atoms with Crippen molar-refractivity contribution in [3.8, 4) is 5.75 Å². The molecule has 0 radical (unpaired) electrons. The standard InChI is InChI=1S/C20H20F2N4O3/c1-11-14(15-16(26-20(2)7-8-20)24-10-25-18(15)28-11)17(27)23-9-12-3-5-13(6-4-12)29-19(21)22/h3-6,10,19H,7-9H2,1-2H3,(H,23,27)(H,24,25,26). The Morgan fingerprint density at radius 2 is 2.00 bits per heavy atom. The topological polar surface area (TPSA) is 89.3 Å². The summed E-state index contributed by atoms with van der Waals surface area (Å²) in [5, 5.41) is 6.75. The Morgan fingerprint density at radius 3 is 2.66 bits per heavy atom. The van der Waals surface area contributed by atoms with Crippen LogP contribution in [-0.2, 0) is 6.54 Å². The highest BCUT2D eigenvalue weighted by molar-refractivity contribution is 6.10. The number of ether oxygens (including phenoxy) is 1. The quantitative estimate of drug-likeness (QED) is 0.620. The van der Waals surface area contributed by atoms with E-state index in [4.69, 9.17) is 4.42 Å². The van der Waals surface area contributed by atoms with E-state index in [2.05, 4.69) is 32.3 Å². The first-order valence-electron chi connectivity index (χ1n) is 9.19. The zero-order valence-corrected chi connectivity index (χ0v) is 16.0. The van der Waals surface area contributed by atoms with Crippen molar-refractivity contribution in [2.75, 3.05) is 5.32 Å². The molecule has 3 aromatic rings. The maximum Gasteiger partial charge on any atom is 0.387 e. The molecule has 1 aromatic carbocycles. The number of alkyl halides is 2. The molecule has 0 atom stereocenters. The Bertz CT molecular complexity index is 1050. The number of carbonyl (C=O) groups is 1. The molecular weight excluding hydrogens is 382 g/mol. The fourth-order valence-electron chi connectivity index (χ4n) is 3.07. The predicted molar refractivity (Wildman–Crippen MR) is 102 cm³/mol. The van der Waals surface area contributed by atoms with Crippen LogP contribution < -0.4 is 15.4 Å². The number of hydrogen-bond donors (Lipinski definition) is 2. The number of nitrogens with zero attached hydrogens (tertiary/aromatic N) is 2. The lowest BCUT2D eigenvalue weighted by molar-refractivity contribution is -0.0498. The number of carbonyl (C=O) groups excluding carboxylic acids is 1. The number of aromatic nitrogens is 2. The van der Waals surface area contributed by atoms with Crippen LogP contribution in [0.5, 0.6) is 5.75 Å². The molecule has 1 saturated carbocycles. The third kappa shape index (κ3) is 4.13. The van der Waals surface area contributed by atoms with E-state index >= 15 is 0 Å². The number of amides is 1. The van der Waals surface area contributed by atoms with Gasteiger partial charge in [0, 0.05) is 12.1 Å². The first-order valence-corrected chi connectivity index (χ1v) is 9.19. The summed E-state index contributed by atoms with van der Waals surface area (Å²) < 4.78 is 34.4. The van der Waals surface area contributed by atoms with Crippen molar-refractivity contribution >= 4 is 22.8 Å². The van der Waals surface area contributed by atoms with Gasteiger partial charge in [-0.2, -0.15) is 8.78 Å². The molecule has 0 bridgehead atoms. The van der Waals surface area contributed by atoms with Crippen molar-refractivity contribution in [3.63, 3.8) is 0 Å². The maximum absolute atomic E-state index is 12.9. The average molecular weight is 402 g/mol. The summed E-state index contributed by atoms with van der Waals surface area (Å²) in [6, 6.07) is 6.08. The van der Waals surface area contributed by atoms with E-state index in [0.29, 0.717) is 28.2 Å². The van der Waals surface area contributed by atoms with E-state index in [-0.39, 0.29) is 23.7 Å². The molecule has 0 unspecified atom stereocenters. The Labute approximate surface area is 165 Å². The molecule has 1 aliphatic rings. The molecule has 1 fully saturated rings. The number of anilines is 1. The summed E-state index contributed by atoms with van der Waals surface area (Å²) in [6.45, 7) is 1.14. The number of benzene rings is 1. The summed E-state index contributed by atoms with van der Waals surface area (Å²) in [4.78, 5) is 21.3. The molecule has 7 nitrogen and oxygen atoms in total. The smallest absolute Gasteiger partial charge is 0.387 e. The van der Waals surface area contributed by atoms with Crippen LogP contribution in [0.4, 0.5) is 14.6 Å². The lowest BCUT2D eigenvalue weighted by Gasteiger charge is -2.13. The third-order valence-electron chi connectivity index (χ3n) is 4.91. The second kappa shape index (κ2) is 7.31. The predicted octanol–water partition coefficient (Wildman–Crippen LogP) is 4.03. The minimum atomic E-state index is -2.87. The summed E-state index contributed by atoms with van der Waals surface area (Å²) in [7, 11) is 0. The number of furan rings is 1. The van der Waals surface area contributed by atoms with E-state index in [0.717, 1.165) is 18.4 Å². The largest absolute Gasteiger partial charge is 0.442 e. The van der Waals surface area contributed by atoms with Crippen molar-refractivity contribution in [2.24, 2.45) is 0 Å². The van der Waals surface area contributed by atoms with Gasteiger partial charge < -0.3 is 19.8 Å². The van der Waals surface area contributed by atoms with Crippen LogP contribution in [0.15, 0.2) is 35.0 Å². The third-order valence-corrected chi connectivity index (χ3v) is 4.91. The molecule has 1 aliphatic carbocycles. The number of hydrogen-bond acceptors (Lipinski definition) is 6. The zero-order chi connectivity index (χ0) is 20.6. The van der Waals surface area contributed by atoms with Crippen molar-refractivity contribution in [3.05, 3.63) is 47.5 Å². The van der Waals surface area contributed by atoms with Gasteiger partial charge in [-0.25, -0.2) is 9.97 Å². The van der Waals surface area contributed by atoms with Gasteiger partial charge >= 0.3 is 6.61 Å². The summed E-state index contributed by atoms with van der Waals surface area (Å²) in [5.74, 6) is 0.759. The van der Waals surface area contributed by atoms with Crippen molar-refractivity contribution in [2.45, 2.75) is 45.4 Å². The Morgan fingerprint density at radius 1 is 1.28 bits per heavy atom. The second-order valence-corrected chi connectivity index (χ2v) is 7.33. The number of nitrogens with one attached hydrogen (secondary N) is 2. The normalized spacial score (nSPS) is 14.8. The maximum atomic E-state index is 12.9. The molecule has 2 heterocycles. The number of rotatable bonds is 7.